The van der Waals surface area contributed by atoms with Gasteiger partial charge in [0.1, 0.15) is 17.2 Å². The molecule has 124 valence electrons. The van der Waals surface area contributed by atoms with Crippen LogP contribution >= 0.6 is 0 Å². The Morgan fingerprint density at radius 2 is 1.96 bits per heavy atom. The first-order valence-electron chi connectivity index (χ1n) is 7.30. The van der Waals surface area contributed by atoms with Gasteiger partial charge in [-0.2, -0.15) is 5.26 Å². The van der Waals surface area contributed by atoms with E-state index in [1.165, 1.54) is 0 Å². The molecule has 23 heavy (non-hydrogen) atoms. The van der Waals surface area contributed by atoms with Crippen molar-refractivity contribution in [2.24, 2.45) is 0 Å². The third kappa shape index (κ3) is 4.89. The van der Waals surface area contributed by atoms with Gasteiger partial charge < -0.3 is 15.4 Å². The maximum atomic E-state index is 13.7. The molecule has 0 aromatic heterocycles. The first kappa shape index (κ1) is 17.2. The summed E-state index contributed by atoms with van der Waals surface area (Å²) >= 11 is 0. The molecule has 0 bridgehead atoms. The van der Waals surface area contributed by atoms with Gasteiger partial charge in [-0.25, -0.2) is 13.6 Å². The lowest BCUT2D eigenvalue weighted by Crippen LogP contribution is -2.36. The fraction of sp³-hybridized carbons (Fsp3) is 0.500. The molecule has 2 N–H and O–H groups in total. The molecule has 1 aliphatic rings. The number of halogens is 2. The van der Waals surface area contributed by atoms with Crippen molar-refractivity contribution in [3.8, 4) is 6.07 Å². The number of rotatable bonds is 4. The van der Waals surface area contributed by atoms with Crippen LogP contribution in [0.4, 0.5) is 13.6 Å². The van der Waals surface area contributed by atoms with Crippen molar-refractivity contribution < 1.29 is 18.3 Å². The fourth-order valence-electron chi connectivity index (χ4n) is 2.11. The third-order valence-electron chi connectivity index (χ3n) is 3.30. The normalized spacial score (nSPS) is 19.8. The van der Waals surface area contributed by atoms with E-state index in [-0.39, 0.29) is 29.8 Å². The van der Waals surface area contributed by atoms with Crippen molar-refractivity contribution in [2.45, 2.75) is 51.4 Å². The number of nitriles is 1. The number of ether oxygens (including phenoxy) is 1. The van der Waals surface area contributed by atoms with E-state index >= 15 is 0 Å². The first-order valence-corrected chi connectivity index (χ1v) is 7.30. The Bertz CT molecular complexity index is 627. The summed E-state index contributed by atoms with van der Waals surface area (Å²) in [6.45, 7) is 5.30. The summed E-state index contributed by atoms with van der Waals surface area (Å²) < 4.78 is 32.6. The van der Waals surface area contributed by atoms with Gasteiger partial charge in [-0.15, -0.1) is 0 Å². The molecule has 1 saturated carbocycles. The molecule has 0 radical (unpaired) electrons. The molecule has 1 aromatic rings. The van der Waals surface area contributed by atoms with Crippen molar-refractivity contribution in [1.82, 2.24) is 10.6 Å². The maximum Gasteiger partial charge on any atom is 0.407 e. The van der Waals surface area contributed by atoms with E-state index in [9.17, 15) is 13.6 Å². The number of carbonyl (C=O) groups is 1. The number of nitrogens with zero attached hydrogens (tertiary/aromatic N) is 1. The van der Waals surface area contributed by atoms with Crippen LogP contribution in [0.5, 0.6) is 0 Å². The number of benzene rings is 1. The van der Waals surface area contributed by atoms with Crippen LogP contribution in [0.25, 0.3) is 0 Å². The minimum atomic E-state index is -0.758. The van der Waals surface area contributed by atoms with Crippen molar-refractivity contribution >= 4 is 6.09 Å². The van der Waals surface area contributed by atoms with Crippen LogP contribution < -0.4 is 10.6 Å². The Balaban J connectivity index is 1.83. The van der Waals surface area contributed by atoms with Gasteiger partial charge in [0, 0.05) is 24.2 Å². The lowest BCUT2D eigenvalue weighted by Gasteiger charge is -2.19. The van der Waals surface area contributed by atoms with Crippen molar-refractivity contribution in [3.05, 3.63) is 34.9 Å². The number of amides is 1. The Morgan fingerprint density at radius 3 is 2.48 bits per heavy atom. The van der Waals surface area contributed by atoms with E-state index in [0.29, 0.717) is 6.42 Å². The molecular weight excluding hydrogens is 304 g/mol. The van der Waals surface area contributed by atoms with Crippen LogP contribution in [-0.2, 0) is 11.3 Å². The largest absolute Gasteiger partial charge is 0.444 e. The van der Waals surface area contributed by atoms with Crippen LogP contribution in [0, 0.1) is 23.0 Å². The van der Waals surface area contributed by atoms with E-state index in [2.05, 4.69) is 10.6 Å². The third-order valence-corrected chi connectivity index (χ3v) is 3.30. The second-order valence-electron chi connectivity index (χ2n) is 6.51. The fourth-order valence-corrected chi connectivity index (χ4v) is 2.11. The summed E-state index contributed by atoms with van der Waals surface area (Å²) in [6, 6.07) is 3.53. The van der Waals surface area contributed by atoms with Gasteiger partial charge in [0.05, 0.1) is 11.6 Å². The van der Waals surface area contributed by atoms with Crippen molar-refractivity contribution in [3.63, 3.8) is 0 Å². The van der Waals surface area contributed by atoms with E-state index in [0.717, 1.165) is 12.1 Å². The van der Waals surface area contributed by atoms with E-state index in [1.54, 1.807) is 26.8 Å². The summed E-state index contributed by atoms with van der Waals surface area (Å²) in [5, 5.41) is 14.3. The minimum Gasteiger partial charge on any atom is -0.444 e. The van der Waals surface area contributed by atoms with E-state index < -0.39 is 23.3 Å². The second-order valence-corrected chi connectivity index (χ2v) is 6.51. The lowest BCUT2D eigenvalue weighted by atomic mass is 10.1. The summed E-state index contributed by atoms with van der Waals surface area (Å²) in [4.78, 5) is 11.6. The number of hydrogen-bond acceptors (Lipinski definition) is 4. The quantitative estimate of drug-likeness (QED) is 0.893. The van der Waals surface area contributed by atoms with Gasteiger partial charge in [0.2, 0.25) is 0 Å². The molecule has 1 aromatic carbocycles. The highest BCUT2D eigenvalue weighted by Gasteiger charge is 2.39. The molecule has 0 spiro atoms. The highest BCUT2D eigenvalue weighted by Crippen LogP contribution is 2.23. The smallest absolute Gasteiger partial charge is 0.407 e. The Morgan fingerprint density at radius 1 is 1.35 bits per heavy atom. The van der Waals surface area contributed by atoms with Gasteiger partial charge in [0.25, 0.3) is 0 Å². The Kier molecular flexibility index (Phi) is 4.85. The lowest BCUT2D eigenvalue weighted by molar-refractivity contribution is 0.0522. The summed E-state index contributed by atoms with van der Waals surface area (Å²) in [5.41, 5.74) is -0.747. The zero-order valence-electron chi connectivity index (χ0n) is 13.2. The van der Waals surface area contributed by atoms with Gasteiger partial charge in [-0.05, 0) is 39.3 Å². The second kappa shape index (κ2) is 6.50. The maximum absolute atomic E-state index is 13.7. The Hall–Kier alpha value is -2.20. The molecule has 2 atom stereocenters. The first-order chi connectivity index (χ1) is 10.7. The number of carbonyl (C=O) groups excluding carboxylic acids is 1. The molecule has 1 amide bonds. The van der Waals surface area contributed by atoms with Crippen molar-refractivity contribution in [2.75, 3.05) is 0 Å². The highest BCUT2D eigenvalue weighted by atomic mass is 19.1. The predicted molar refractivity (Wildman–Crippen MR) is 79.5 cm³/mol. The highest BCUT2D eigenvalue weighted by molar-refractivity contribution is 5.68. The van der Waals surface area contributed by atoms with Crippen LogP contribution in [-0.4, -0.2) is 23.8 Å². The zero-order valence-corrected chi connectivity index (χ0v) is 13.2. The predicted octanol–water partition coefficient (Wildman–Crippen LogP) is 2.59. The summed E-state index contributed by atoms with van der Waals surface area (Å²) in [5.74, 6) is -1.52. The van der Waals surface area contributed by atoms with Crippen LogP contribution in [0.3, 0.4) is 0 Å². The molecule has 0 heterocycles. The molecule has 2 unspecified atom stereocenters. The van der Waals surface area contributed by atoms with E-state index in [1.807, 2.05) is 0 Å². The van der Waals surface area contributed by atoms with Crippen LogP contribution in [0.1, 0.15) is 38.3 Å². The van der Waals surface area contributed by atoms with Crippen LogP contribution in [0.2, 0.25) is 0 Å². The average Bonchev–Trinajstić information content (AvgIpc) is 3.13. The summed E-state index contributed by atoms with van der Waals surface area (Å²) in [7, 11) is 0. The van der Waals surface area contributed by atoms with Gasteiger partial charge in [-0.3, -0.25) is 0 Å². The zero-order chi connectivity index (χ0) is 17.2. The molecule has 0 saturated heterocycles. The number of nitrogens with one attached hydrogen (secondary N) is 2. The minimum absolute atomic E-state index is 0.0134. The molecule has 7 heteroatoms. The number of alkyl carbamates (subject to hydrolysis) is 1. The number of hydrogen-bond donors (Lipinski definition) is 2. The molecular formula is C16H19F2N3O2. The molecule has 5 nitrogen and oxygen atoms in total. The average molecular weight is 323 g/mol. The topological polar surface area (TPSA) is 74.2 Å². The van der Waals surface area contributed by atoms with Gasteiger partial charge in [0.15, 0.2) is 0 Å². The van der Waals surface area contributed by atoms with Gasteiger partial charge in [-0.1, -0.05) is 0 Å². The Labute approximate surface area is 133 Å². The SMILES string of the molecule is CC(C)(C)OC(=O)NC1CC1NCc1c(F)cc(C#N)cc1F. The van der Waals surface area contributed by atoms with Crippen LogP contribution in [0.15, 0.2) is 12.1 Å². The van der Waals surface area contributed by atoms with E-state index in [4.69, 9.17) is 10.00 Å². The molecule has 1 aliphatic carbocycles. The molecule has 1 fully saturated rings. The molecule has 2 rings (SSSR count). The monoisotopic (exact) mass is 323 g/mol. The van der Waals surface area contributed by atoms with Crippen molar-refractivity contribution in [1.29, 1.82) is 5.26 Å². The summed E-state index contributed by atoms with van der Waals surface area (Å²) in [6.07, 6.45) is 0.154. The van der Waals surface area contributed by atoms with Gasteiger partial charge >= 0.3 is 6.09 Å². The molecule has 0 aliphatic heterocycles. The standard InChI is InChI=1S/C16H19F2N3O2/c1-16(2,3)23-15(22)21-14-6-13(14)20-8-10-11(17)4-9(7-19)5-12(10)18/h4-5,13-14,20H,6,8H2,1-3H3,(H,21,22).